The van der Waals surface area contributed by atoms with Crippen molar-refractivity contribution in [3.8, 4) is 45.4 Å². The molecule has 0 saturated heterocycles. The van der Waals surface area contributed by atoms with Gasteiger partial charge in [-0.15, -0.1) is 0 Å². The molecule has 2 heterocycles. The number of nitrogens with zero attached hydrogens (tertiary/aromatic N) is 4. The molecule has 8 nitrogen and oxygen atoms in total. The van der Waals surface area contributed by atoms with Crippen LogP contribution in [-0.4, -0.2) is 47.2 Å². The zero-order chi connectivity index (χ0) is 27.1. The topological polar surface area (TPSA) is 94.1 Å². The highest BCUT2D eigenvalue weighted by molar-refractivity contribution is 6.39. The molecule has 2 aromatic carbocycles. The Morgan fingerprint density at radius 3 is 1.42 bits per heavy atom. The highest BCUT2D eigenvalue weighted by Gasteiger charge is 2.19. The van der Waals surface area contributed by atoms with Gasteiger partial charge in [0.05, 0.1) is 48.0 Å². The number of aromatic nitrogens is 4. The molecule has 0 spiro atoms. The Bertz CT molecular complexity index is 1310. The first-order chi connectivity index (χ1) is 18.5. The highest BCUT2D eigenvalue weighted by Crippen LogP contribution is 2.42. The molecule has 198 valence electrons. The van der Waals surface area contributed by atoms with Crippen LogP contribution < -0.4 is 20.1 Å². The average molecular weight is 553 g/mol. The van der Waals surface area contributed by atoms with Gasteiger partial charge in [-0.2, -0.15) is 0 Å². The molecule has 4 rings (SSSR count). The molecule has 0 fully saturated rings. The average Bonchev–Trinajstić information content (AvgIpc) is 2.95. The van der Waals surface area contributed by atoms with Gasteiger partial charge in [0, 0.05) is 35.3 Å². The fourth-order valence-electron chi connectivity index (χ4n) is 3.99. The smallest absolute Gasteiger partial charge is 0.237 e. The molecular formula is C28H30Cl2N6O2. The summed E-state index contributed by atoms with van der Waals surface area (Å²) in [5.74, 6) is 0.908. The number of methoxy groups -OCH3 is 2. The minimum Gasteiger partial charge on any atom is -0.480 e. The monoisotopic (exact) mass is 552 g/mol. The molecule has 0 bridgehead atoms. The molecule has 0 aliphatic heterocycles. The maximum absolute atomic E-state index is 6.95. The van der Waals surface area contributed by atoms with Crippen LogP contribution in [0, 0.1) is 0 Å². The lowest BCUT2D eigenvalue weighted by atomic mass is 9.98. The van der Waals surface area contributed by atoms with Crippen LogP contribution in [0.1, 0.15) is 25.2 Å². The first kappa shape index (κ1) is 27.7. The van der Waals surface area contributed by atoms with Gasteiger partial charge in [-0.1, -0.05) is 73.4 Å². The van der Waals surface area contributed by atoms with Crippen LogP contribution in [0.2, 0.25) is 10.0 Å². The zero-order valence-electron chi connectivity index (χ0n) is 21.8. The van der Waals surface area contributed by atoms with E-state index in [0.717, 1.165) is 46.7 Å². The Morgan fingerprint density at radius 2 is 1.05 bits per heavy atom. The number of halogens is 2. The predicted molar refractivity (Wildman–Crippen MR) is 152 cm³/mol. The minimum atomic E-state index is 0.454. The summed E-state index contributed by atoms with van der Waals surface area (Å²) in [5.41, 5.74) is 5.64. The third kappa shape index (κ3) is 5.89. The molecule has 2 N–H and O–H groups in total. The Hall–Kier alpha value is -3.30. The normalized spacial score (nSPS) is 11.0. The first-order valence-electron chi connectivity index (χ1n) is 12.3. The molecule has 0 saturated carbocycles. The van der Waals surface area contributed by atoms with Crippen LogP contribution in [0.15, 0.2) is 48.8 Å². The van der Waals surface area contributed by atoms with Crippen molar-refractivity contribution >= 4 is 23.2 Å². The molecule has 10 heteroatoms. The fourth-order valence-corrected chi connectivity index (χ4v) is 4.63. The summed E-state index contributed by atoms with van der Waals surface area (Å²) in [7, 11) is 3.16. The molecule has 0 amide bonds. The Balaban J connectivity index is 1.74. The lowest BCUT2D eigenvalue weighted by Gasteiger charge is -2.15. The maximum atomic E-state index is 6.95. The Labute approximate surface area is 232 Å². The van der Waals surface area contributed by atoms with Gasteiger partial charge >= 0.3 is 0 Å². The second-order valence-corrected chi connectivity index (χ2v) is 9.07. The van der Waals surface area contributed by atoms with Crippen molar-refractivity contribution in [2.75, 3.05) is 27.3 Å². The van der Waals surface area contributed by atoms with Crippen molar-refractivity contribution in [3.63, 3.8) is 0 Å². The van der Waals surface area contributed by atoms with Gasteiger partial charge in [0.2, 0.25) is 11.8 Å². The van der Waals surface area contributed by atoms with E-state index in [1.54, 1.807) is 26.6 Å². The van der Waals surface area contributed by atoms with Crippen molar-refractivity contribution < 1.29 is 9.47 Å². The SMILES string of the molecule is CCNCc1ncc(-c2cccc(-c3cccc(-c4cnc(CNCC)c(OC)n4)c3Cl)c2Cl)nc1OC. The van der Waals surface area contributed by atoms with Gasteiger partial charge in [0.1, 0.15) is 11.4 Å². The van der Waals surface area contributed by atoms with Gasteiger partial charge in [0.15, 0.2) is 0 Å². The van der Waals surface area contributed by atoms with Crippen LogP contribution in [-0.2, 0) is 13.1 Å². The zero-order valence-corrected chi connectivity index (χ0v) is 23.3. The number of hydrogen-bond acceptors (Lipinski definition) is 8. The summed E-state index contributed by atoms with van der Waals surface area (Å²) >= 11 is 13.9. The first-order valence-corrected chi connectivity index (χ1v) is 13.1. The minimum absolute atomic E-state index is 0.454. The van der Waals surface area contributed by atoms with E-state index in [2.05, 4.69) is 30.6 Å². The van der Waals surface area contributed by atoms with Crippen molar-refractivity contribution in [3.05, 3.63) is 70.2 Å². The number of nitrogens with one attached hydrogen (secondary N) is 2. The summed E-state index contributed by atoms with van der Waals surface area (Å²) in [4.78, 5) is 18.4. The van der Waals surface area contributed by atoms with Crippen molar-refractivity contribution in [2.24, 2.45) is 0 Å². The summed E-state index contributed by atoms with van der Waals surface area (Å²) in [5, 5.41) is 7.49. The van der Waals surface area contributed by atoms with E-state index in [1.165, 1.54) is 0 Å². The van der Waals surface area contributed by atoms with Crippen LogP contribution in [0.5, 0.6) is 11.8 Å². The third-order valence-corrected chi connectivity index (χ3v) is 6.75. The van der Waals surface area contributed by atoms with E-state index in [0.29, 0.717) is 46.3 Å². The van der Waals surface area contributed by atoms with Gasteiger partial charge in [0.25, 0.3) is 0 Å². The van der Waals surface area contributed by atoms with Crippen LogP contribution >= 0.6 is 23.2 Å². The van der Waals surface area contributed by atoms with Gasteiger partial charge in [-0.25, -0.2) is 9.97 Å². The molecule has 0 unspecified atom stereocenters. The van der Waals surface area contributed by atoms with Crippen LogP contribution in [0.4, 0.5) is 0 Å². The van der Waals surface area contributed by atoms with E-state index >= 15 is 0 Å². The van der Waals surface area contributed by atoms with Crippen LogP contribution in [0.3, 0.4) is 0 Å². The number of ether oxygens (including phenoxy) is 2. The lowest BCUT2D eigenvalue weighted by molar-refractivity contribution is 0.388. The van der Waals surface area contributed by atoms with E-state index < -0.39 is 0 Å². The highest BCUT2D eigenvalue weighted by atomic mass is 35.5. The van der Waals surface area contributed by atoms with Gasteiger partial charge < -0.3 is 20.1 Å². The lowest BCUT2D eigenvalue weighted by Crippen LogP contribution is -2.14. The summed E-state index contributed by atoms with van der Waals surface area (Å²) in [6, 6.07) is 11.5. The molecule has 2 aromatic heterocycles. The van der Waals surface area contributed by atoms with E-state index in [1.807, 2.05) is 50.2 Å². The molecule has 0 atom stereocenters. The maximum Gasteiger partial charge on any atom is 0.237 e. The van der Waals surface area contributed by atoms with Crippen molar-refractivity contribution in [2.45, 2.75) is 26.9 Å². The molecule has 0 aliphatic rings. The molecule has 0 aliphatic carbocycles. The molecule has 38 heavy (non-hydrogen) atoms. The summed E-state index contributed by atoms with van der Waals surface area (Å²) in [6.07, 6.45) is 3.41. The van der Waals surface area contributed by atoms with E-state index in [-0.39, 0.29) is 0 Å². The summed E-state index contributed by atoms with van der Waals surface area (Å²) in [6.45, 7) is 6.82. The Morgan fingerprint density at radius 1 is 0.658 bits per heavy atom. The molecule has 4 aromatic rings. The standard InChI is InChI=1S/C28H30Cl2N6O2/c1-5-31-13-23-27(37-3)35-21(15-33-23)19-11-7-9-17(25(19)29)18-10-8-12-20(26(18)30)22-16-34-24(14-32-6-2)28(36-22)38-4/h7-12,15-16,31-32H,5-6,13-14H2,1-4H3. The second kappa shape index (κ2) is 13.0. The molecule has 0 radical (unpaired) electrons. The number of benzene rings is 2. The predicted octanol–water partition coefficient (Wildman–Crippen LogP) is 5.81. The van der Waals surface area contributed by atoms with Crippen molar-refractivity contribution in [1.29, 1.82) is 0 Å². The Kier molecular flexibility index (Phi) is 9.47. The van der Waals surface area contributed by atoms with E-state index in [9.17, 15) is 0 Å². The van der Waals surface area contributed by atoms with Crippen molar-refractivity contribution in [1.82, 2.24) is 30.6 Å². The van der Waals surface area contributed by atoms with Crippen LogP contribution in [0.25, 0.3) is 33.6 Å². The van der Waals surface area contributed by atoms with Gasteiger partial charge in [-0.05, 0) is 13.1 Å². The molecular weight excluding hydrogens is 523 g/mol. The number of hydrogen-bond donors (Lipinski definition) is 2. The van der Waals surface area contributed by atoms with E-state index in [4.69, 9.17) is 32.7 Å². The fraction of sp³-hybridized carbons (Fsp3) is 0.286. The van der Waals surface area contributed by atoms with Gasteiger partial charge in [-0.3, -0.25) is 9.97 Å². The third-order valence-electron chi connectivity index (χ3n) is 5.93. The second-order valence-electron chi connectivity index (χ2n) is 8.32. The summed E-state index contributed by atoms with van der Waals surface area (Å²) < 4.78 is 11.0. The largest absolute Gasteiger partial charge is 0.480 e. The number of rotatable bonds is 11. The quantitative estimate of drug-likeness (QED) is 0.240.